The molecule has 1 N–H and O–H groups in total. The molecule has 0 spiro atoms. The number of nitrogens with zero attached hydrogens (tertiary/aromatic N) is 2. The Morgan fingerprint density at radius 2 is 1.64 bits per heavy atom. The third kappa shape index (κ3) is 6.93. The SMILES string of the molecule is CC[C@@H](C(=O)NC)N(Cc1c(Cl)cccc1Cl)C(=O)CCCN(C)S(=O)(=O)c1ccccc1. The zero-order valence-corrected chi connectivity index (χ0v) is 21.3. The van der Waals surface area contributed by atoms with Gasteiger partial charge in [0.05, 0.1) is 4.90 Å². The van der Waals surface area contributed by atoms with E-state index in [1.807, 2.05) is 6.92 Å². The fourth-order valence-corrected chi connectivity index (χ4v) is 5.18. The highest BCUT2D eigenvalue weighted by Crippen LogP contribution is 2.27. The zero-order chi connectivity index (χ0) is 24.6. The summed E-state index contributed by atoms with van der Waals surface area (Å²) in [5.74, 6) is -0.579. The predicted molar refractivity (Wildman–Crippen MR) is 131 cm³/mol. The average molecular weight is 514 g/mol. The highest BCUT2D eigenvalue weighted by Gasteiger charge is 2.29. The van der Waals surface area contributed by atoms with Crippen LogP contribution in [0.4, 0.5) is 0 Å². The molecule has 0 aromatic heterocycles. The minimum Gasteiger partial charge on any atom is -0.357 e. The molecule has 0 unspecified atom stereocenters. The van der Waals surface area contributed by atoms with Crippen LogP contribution in [0, 0.1) is 0 Å². The van der Waals surface area contributed by atoms with Crippen LogP contribution in [0.15, 0.2) is 53.4 Å². The van der Waals surface area contributed by atoms with E-state index in [1.54, 1.807) is 36.4 Å². The maximum Gasteiger partial charge on any atom is 0.242 e. The van der Waals surface area contributed by atoms with Crippen LogP contribution in [0.3, 0.4) is 0 Å². The van der Waals surface area contributed by atoms with E-state index in [-0.39, 0.29) is 36.2 Å². The van der Waals surface area contributed by atoms with Crippen molar-refractivity contribution in [1.29, 1.82) is 0 Å². The molecule has 0 aliphatic carbocycles. The van der Waals surface area contributed by atoms with E-state index in [0.717, 1.165) is 0 Å². The van der Waals surface area contributed by atoms with Gasteiger partial charge in [-0.15, -0.1) is 0 Å². The topological polar surface area (TPSA) is 86.8 Å². The van der Waals surface area contributed by atoms with Crippen molar-refractivity contribution >= 4 is 45.0 Å². The number of amides is 2. The van der Waals surface area contributed by atoms with E-state index in [9.17, 15) is 18.0 Å². The number of benzene rings is 2. The number of nitrogens with one attached hydrogen (secondary N) is 1. The van der Waals surface area contributed by atoms with E-state index < -0.39 is 16.1 Å². The molecule has 2 aromatic carbocycles. The smallest absolute Gasteiger partial charge is 0.242 e. The first-order chi connectivity index (χ1) is 15.6. The van der Waals surface area contributed by atoms with Crippen LogP contribution in [-0.2, 0) is 26.2 Å². The maximum absolute atomic E-state index is 13.2. The second kappa shape index (κ2) is 12.4. The number of hydrogen-bond acceptors (Lipinski definition) is 4. The fraction of sp³-hybridized carbons (Fsp3) is 0.391. The Morgan fingerprint density at radius 1 is 1.03 bits per heavy atom. The number of carbonyl (C=O) groups excluding carboxylic acids is 2. The van der Waals surface area contributed by atoms with Crippen molar-refractivity contribution in [2.24, 2.45) is 0 Å². The normalized spacial score (nSPS) is 12.4. The van der Waals surface area contributed by atoms with Crippen molar-refractivity contribution in [3.05, 3.63) is 64.1 Å². The van der Waals surface area contributed by atoms with Gasteiger partial charge in [0.1, 0.15) is 6.04 Å². The molecule has 0 radical (unpaired) electrons. The highest BCUT2D eigenvalue weighted by molar-refractivity contribution is 7.89. The van der Waals surface area contributed by atoms with E-state index in [4.69, 9.17) is 23.2 Å². The van der Waals surface area contributed by atoms with Crippen LogP contribution in [0.25, 0.3) is 0 Å². The van der Waals surface area contributed by atoms with Crippen LogP contribution in [0.1, 0.15) is 31.7 Å². The first-order valence-electron chi connectivity index (χ1n) is 10.6. The maximum atomic E-state index is 13.2. The Kier molecular flexibility index (Phi) is 10.2. The van der Waals surface area contributed by atoms with Gasteiger partial charge in [-0.25, -0.2) is 12.7 Å². The van der Waals surface area contributed by atoms with Gasteiger partial charge in [-0.05, 0) is 37.1 Å². The summed E-state index contributed by atoms with van der Waals surface area (Å²) in [5.41, 5.74) is 0.556. The summed E-state index contributed by atoms with van der Waals surface area (Å²) in [6.07, 6.45) is 0.748. The van der Waals surface area contributed by atoms with Crippen LogP contribution in [0.5, 0.6) is 0 Å². The molecular formula is C23H29Cl2N3O4S. The molecule has 0 fully saturated rings. The Hall–Kier alpha value is -2.13. The third-order valence-corrected chi connectivity index (χ3v) is 7.92. The molecule has 0 heterocycles. The average Bonchev–Trinajstić information content (AvgIpc) is 2.80. The lowest BCUT2D eigenvalue weighted by Crippen LogP contribution is -2.48. The summed E-state index contributed by atoms with van der Waals surface area (Å²) in [4.78, 5) is 27.3. The fourth-order valence-electron chi connectivity index (χ4n) is 3.43. The van der Waals surface area contributed by atoms with Gasteiger partial charge < -0.3 is 10.2 Å². The van der Waals surface area contributed by atoms with Gasteiger partial charge >= 0.3 is 0 Å². The molecule has 0 saturated carbocycles. The first kappa shape index (κ1) is 27.1. The first-order valence-corrected chi connectivity index (χ1v) is 12.8. The Morgan fingerprint density at radius 3 is 2.18 bits per heavy atom. The molecule has 1 atom stereocenters. The number of hydrogen-bond donors (Lipinski definition) is 1. The molecule has 0 aliphatic rings. The minimum absolute atomic E-state index is 0.0597. The lowest BCUT2D eigenvalue weighted by molar-refractivity contribution is -0.141. The predicted octanol–water partition coefficient (Wildman–Crippen LogP) is 3.95. The summed E-state index contributed by atoms with van der Waals surface area (Å²) in [6, 6.07) is 12.5. The summed E-state index contributed by atoms with van der Waals surface area (Å²) in [7, 11) is -0.653. The summed E-state index contributed by atoms with van der Waals surface area (Å²) in [6.45, 7) is 2.04. The third-order valence-electron chi connectivity index (χ3n) is 5.34. The summed E-state index contributed by atoms with van der Waals surface area (Å²) >= 11 is 12.6. The second-order valence-electron chi connectivity index (χ2n) is 7.50. The van der Waals surface area contributed by atoms with E-state index in [2.05, 4.69) is 5.32 Å². The standard InChI is InChI=1S/C23H29Cl2N3O4S/c1-4-21(23(30)26-2)28(16-18-19(24)12-8-13-20(18)25)22(29)14-9-15-27(3)33(31,32)17-10-6-5-7-11-17/h5-8,10-13,21H,4,9,14-16H2,1-3H3,(H,26,30)/t21-/m0/s1. The highest BCUT2D eigenvalue weighted by atomic mass is 35.5. The van der Waals surface area contributed by atoms with Crippen LogP contribution in [-0.4, -0.2) is 56.1 Å². The molecular weight excluding hydrogens is 485 g/mol. The quantitative estimate of drug-likeness (QED) is 0.492. The number of carbonyl (C=O) groups is 2. The monoisotopic (exact) mass is 513 g/mol. The summed E-state index contributed by atoms with van der Waals surface area (Å²) < 4.78 is 26.6. The molecule has 0 saturated heterocycles. The lowest BCUT2D eigenvalue weighted by atomic mass is 10.1. The molecule has 10 heteroatoms. The number of halogens is 2. The van der Waals surface area contributed by atoms with Gasteiger partial charge in [0.15, 0.2) is 0 Å². The van der Waals surface area contributed by atoms with E-state index in [1.165, 1.54) is 35.4 Å². The number of sulfonamides is 1. The zero-order valence-electron chi connectivity index (χ0n) is 18.9. The molecule has 2 amide bonds. The number of likely N-dealkylation sites (N-methyl/N-ethyl adjacent to an activating group) is 1. The van der Waals surface area contributed by atoms with Crippen molar-refractivity contribution < 1.29 is 18.0 Å². The van der Waals surface area contributed by atoms with Crippen molar-refractivity contribution in [2.75, 3.05) is 20.6 Å². The van der Waals surface area contributed by atoms with Gasteiger partial charge in [-0.1, -0.05) is 54.4 Å². The summed E-state index contributed by atoms with van der Waals surface area (Å²) in [5, 5.41) is 3.40. The van der Waals surface area contributed by atoms with E-state index >= 15 is 0 Å². The van der Waals surface area contributed by atoms with Gasteiger partial charge in [0.25, 0.3) is 0 Å². The molecule has 33 heavy (non-hydrogen) atoms. The van der Waals surface area contributed by atoms with Crippen molar-refractivity contribution in [3.8, 4) is 0 Å². The second-order valence-corrected chi connectivity index (χ2v) is 10.4. The van der Waals surface area contributed by atoms with Gasteiger partial charge in [0, 0.05) is 49.2 Å². The Balaban J connectivity index is 2.15. The molecule has 180 valence electrons. The van der Waals surface area contributed by atoms with Crippen molar-refractivity contribution in [2.45, 2.75) is 43.7 Å². The largest absolute Gasteiger partial charge is 0.357 e. The van der Waals surface area contributed by atoms with Crippen LogP contribution < -0.4 is 5.32 Å². The van der Waals surface area contributed by atoms with Crippen LogP contribution in [0.2, 0.25) is 10.0 Å². The van der Waals surface area contributed by atoms with Gasteiger partial charge in [-0.2, -0.15) is 0 Å². The van der Waals surface area contributed by atoms with Crippen molar-refractivity contribution in [1.82, 2.24) is 14.5 Å². The van der Waals surface area contributed by atoms with Gasteiger partial charge in [-0.3, -0.25) is 9.59 Å². The number of rotatable bonds is 11. The molecule has 0 aliphatic heterocycles. The van der Waals surface area contributed by atoms with E-state index in [0.29, 0.717) is 28.5 Å². The molecule has 2 rings (SSSR count). The van der Waals surface area contributed by atoms with Crippen molar-refractivity contribution in [3.63, 3.8) is 0 Å². The Bertz CT molecular complexity index is 1040. The van der Waals surface area contributed by atoms with Gasteiger partial charge in [0.2, 0.25) is 21.8 Å². The Labute approximate surface area is 205 Å². The van der Waals surface area contributed by atoms with Crippen LogP contribution >= 0.6 is 23.2 Å². The minimum atomic E-state index is -3.65. The molecule has 0 bridgehead atoms. The molecule has 7 nitrogen and oxygen atoms in total. The molecule has 2 aromatic rings. The lowest BCUT2D eigenvalue weighted by Gasteiger charge is -2.31.